The lowest BCUT2D eigenvalue weighted by Gasteiger charge is -2.32. The van der Waals surface area contributed by atoms with E-state index in [-0.39, 0.29) is 5.41 Å². The Morgan fingerprint density at radius 3 is 2.37 bits per heavy atom. The van der Waals surface area contributed by atoms with Crippen LogP contribution in [0.3, 0.4) is 0 Å². The minimum atomic E-state index is -0.117. The van der Waals surface area contributed by atoms with E-state index in [1.807, 2.05) is 0 Å². The van der Waals surface area contributed by atoms with Gasteiger partial charge in [0.25, 0.3) is 0 Å². The summed E-state index contributed by atoms with van der Waals surface area (Å²) in [6, 6.07) is 6.46. The average molecular weight is 258 g/mol. The Bertz CT molecular complexity index is 453. The van der Waals surface area contributed by atoms with Crippen molar-refractivity contribution in [2.75, 3.05) is 0 Å². The molecule has 0 spiro atoms. The van der Waals surface area contributed by atoms with Crippen molar-refractivity contribution in [2.24, 2.45) is 5.41 Å². The smallest absolute Gasteiger partial charge is 0.169 e. The van der Waals surface area contributed by atoms with Crippen LogP contribution < -0.4 is 0 Å². The minimum Gasteiger partial charge on any atom is -0.294 e. The molecule has 0 radical (unpaired) electrons. The van der Waals surface area contributed by atoms with Gasteiger partial charge in [-0.2, -0.15) is 0 Å². The first-order valence-corrected chi connectivity index (χ1v) is 7.77. The maximum atomic E-state index is 13.0. The molecule has 0 bridgehead atoms. The van der Waals surface area contributed by atoms with Crippen LogP contribution in [0.15, 0.2) is 18.2 Å². The van der Waals surface area contributed by atoms with Gasteiger partial charge >= 0.3 is 0 Å². The Hall–Kier alpha value is -1.11. The third-order valence-corrected chi connectivity index (χ3v) is 4.71. The highest BCUT2D eigenvalue weighted by Gasteiger charge is 2.35. The van der Waals surface area contributed by atoms with E-state index in [0.29, 0.717) is 5.78 Å². The molecule has 0 heterocycles. The van der Waals surface area contributed by atoms with Gasteiger partial charge in [-0.25, -0.2) is 0 Å². The van der Waals surface area contributed by atoms with Crippen molar-refractivity contribution < 1.29 is 4.79 Å². The lowest BCUT2D eigenvalue weighted by molar-refractivity contribution is 0.0748. The molecule has 19 heavy (non-hydrogen) atoms. The van der Waals surface area contributed by atoms with Crippen molar-refractivity contribution in [3.8, 4) is 0 Å². The first-order chi connectivity index (χ1) is 9.10. The highest BCUT2D eigenvalue weighted by atomic mass is 16.1. The van der Waals surface area contributed by atoms with E-state index in [9.17, 15) is 4.79 Å². The summed E-state index contributed by atoms with van der Waals surface area (Å²) in [5.74, 6) is 0.388. The van der Waals surface area contributed by atoms with Crippen LogP contribution in [0.2, 0.25) is 0 Å². The highest BCUT2D eigenvalue weighted by molar-refractivity contribution is 6.01. The van der Waals surface area contributed by atoms with Crippen molar-refractivity contribution in [2.45, 2.75) is 65.7 Å². The molecule has 1 aromatic carbocycles. The lowest BCUT2D eigenvalue weighted by atomic mass is 9.70. The summed E-state index contributed by atoms with van der Waals surface area (Å²) in [6.45, 7) is 6.46. The Kier molecular flexibility index (Phi) is 4.44. The third kappa shape index (κ3) is 2.91. The van der Waals surface area contributed by atoms with Crippen LogP contribution in [0.4, 0.5) is 0 Å². The minimum absolute atomic E-state index is 0.117. The molecule has 1 fully saturated rings. The topological polar surface area (TPSA) is 17.1 Å². The van der Waals surface area contributed by atoms with Crippen LogP contribution in [-0.4, -0.2) is 5.78 Å². The molecule has 1 aromatic rings. The summed E-state index contributed by atoms with van der Waals surface area (Å²) in [5, 5.41) is 0. The number of ketones is 1. The van der Waals surface area contributed by atoms with Crippen LogP contribution in [0, 0.1) is 5.41 Å². The predicted octanol–water partition coefficient (Wildman–Crippen LogP) is 4.96. The first-order valence-electron chi connectivity index (χ1n) is 7.77. The van der Waals surface area contributed by atoms with Gasteiger partial charge in [-0.1, -0.05) is 52.2 Å². The molecule has 0 saturated heterocycles. The standard InChI is InChI=1S/C18H26O/c1-4-14-9-10-15(5-2)16(13-14)17(19)18(3)11-7-6-8-12-18/h9-10,13H,4-8,11-12H2,1-3H3. The Morgan fingerprint density at radius 1 is 1.11 bits per heavy atom. The lowest BCUT2D eigenvalue weighted by Crippen LogP contribution is -2.31. The van der Waals surface area contributed by atoms with Gasteiger partial charge in [-0.3, -0.25) is 4.79 Å². The zero-order valence-corrected chi connectivity index (χ0v) is 12.6. The van der Waals surface area contributed by atoms with E-state index in [0.717, 1.165) is 31.2 Å². The summed E-state index contributed by atoms with van der Waals surface area (Å²) in [5.41, 5.74) is 3.37. The first kappa shape index (κ1) is 14.3. The molecule has 0 amide bonds. The molecule has 2 rings (SSSR count). The summed E-state index contributed by atoms with van der Waals surface area (Å²) in [6.07, 6.45) is 7.77. The molecular formula is C18H26O. The van der Waals surface area contributed by atoms with Gasteiger partial charge in [-0.15, -0.1) is 0 Å². The van der Waals surface area contributed by atoms with E-state index in [4.69, 9.17) is 0 Å². The van der Waals surface area contributed by atoms with Crippen molar-refractivity contribution in [3.63, 3.8) is 0 Å². The molecule has 1 aliphatic carbocycles. The highest BCUT2D eigenvalue weighted by Crippen LogP contribution is 2.39. The SMILES string of the molecule is CCc1ccc(CC)c(C(=O)C2(C)CCCCC2)c1. The van der Waals surface area contributed by atoms with Crippen LogP contribution in [-0.2, 0) is 12.8 Å². The monoisotopic (exact) mass is 258 g/mol. The van der Waals surface area contributed by atoms with Crippen molar-refractivity contribution in [1.29, 1.82) is 0 Å². The molecule has 0 N–H and O–H groups in total. The fourth-order valence-electron chi connectivity index (χ4n) is 3.25. The van der Waals surface area contributed by atoms with Crippen LogP contribution in [0.1, 0.15) is 74.4 Å². The number of hydrogen-bond donors (Lipinski definition) is 0. The third-order valence-electron chi connectivity index (χ3n) is 4.71. The zero-order valence-electron chi connectivity index (χ0n) is 12.6. The van der Waals surface area contributed by atoms with Gasteiger partial charge in [0.05, 0.1) is 0 Å². The Balaban J connectivity index is 2.36. The van der Waals surface area contributed by atoms with Gasteiger partial charge in [0.15, 0.2) is 5.78 Å². The second kappa shape index (κ2) is 5.90. The second-order valence-electron chi connectivity index (χ2n) is 6.15. The van der Waals surface area contributed by atoms with Crippen molar-refractivity contribution in [3.05, 3.63) is 34.9 Å². The van der Waals surface area contributed by atoms with Gasteiger partial charge in [0, 0.05) is 11.0 Å². The number of rotatable bonds is 4. The zero-order chi connectivity index (χ0) is 13.9. The average Bonchev–Trinajstić information content (AvgIpc) is 2.46. The number of aryl methyl sites for hydroxylation is 2. The van der Waals surface area contributed by atoms with E-state index in [2.05, 4.69) is 39.0 Å². The van der Waals surface area contributed by atoms with Crippen molar-refractivity contribution in [1.82, 2.24) is 0 Å². The maximum absolute atomic E-state index is 13.0. The molecule has 1 heteroatoms. The number of carbonyl (C=O) groups excluding carboxylic acids is 1. The van der Waals surface area contributed by atoms with Gasteiger partial charge in [0.2, 0.25) is 0 Å². The van der Waals surface area contributed by atoms with Gasteiger partial charge < -0.3 is 0 Å². The second-order valence-corrected chi connectivity index (χ2v) is 6.15. The van der Waals surface area contributed by atoms with E-state index in [1.54, 1.807) is 0 Å². The fourth-order valence-corrected chi connectivity index (χ4v) is 3.25. The largest absolute Gasteiger partial charge is 0.294 e. The molecule has 0 atom stereocenters. The van der Waals surface area contributed by atoms with Crippen LogP contribution >= 0.6 is 0 Å². The molecule has 104 valence electrons. The van der Waals surface area contributed by atoms with Crippen LogP contribution in [0.25, 0.3) is 0 Å². The number of hydrogen-bond acceptors (Lipinski definition) is 1. The van der Waals surface area contributed by atoms with Crippen molar-refractivity contribution >= 4 is 5.78 Å². The predicted molar refractivity (Wildman–Crippen MR) is 80.7 cm³/mol. The molecule has 1 saturated carbocycles. The quantitative estimate of drug-likeness (QED) is 0.697. The summed E-state index contributed by atoms with van der Waals surface area (Å²) in [7, 11) is 0. The number of carbonyl (C=O) groups is 1. The fraction of sp³-hybridized carbons (Fsp3) is 0.611. The normalized spacial score (nSPS) is 18.3. The van der Waals surface area contributed by atoms with Gasteiger partial charge in [0.1, 0.15) is 0 Å². The van der Waals surface area contributed by atoms with Crippen LogP contribution in [0.5, 0.6) is 0 Å². The summed E-state index contributed by atoms with van der Waals surface area (Å²) in [4.78, 5) is 13.0. The molecule has 0 unspecified atom stereocenters. The molecule has 1 aliphatic rings. The molecule has 1 nitrogen and oxygen atoms in total. The van der Waals surface area contributed by atoms with E-state index < -0.39 is 0 Å². The number of benzene rings is 1. The van der Waals surface area contributed by atoms with E-state index >= 15 is 0 Å². The van der Waals surface area contributed by atoms with E-state index in [1.165, 1.54) is 30.4 Å². The molecular weight excluding hydrogens is 232 g/mol. The van der Waals surface area contributed by atoms with Gasteiger partial charge in [-0.05, 0) is 42.9 Å². The number of Topliss-reactive ketones (excluding diaryl/α,β-unsaturated/α-hetero) is 1. The molecule has 0 aromatic heterocycles. The Labute approximate surface area is 117 Å². The Morgan fingerprint density at radius 2 is 1.79 bits per heavy atom. The summed E-state index contributed by atoms with van der Waals surface area (Å²) >= 11 is 0. The molecule has 0 aliphatic heterocycles. The maximum Gasteiger partial charge on any atom is 0.169 e. The summed E-state index contributed by atoms with van der Waals surface area (Å²) < 4.78 is 0.